The molecule has 1 fully saturated rings. The summed E-state index contributed by atoms with van der Waals surface area (Å²) < 4.78 is 5.87. The number of hydrogen-bond donors (Lipinski definition) is 2. The number of rotatable bonds is 6. The maximum Gasteiger partial charge on any atom is 0.317 e. The number of H-pyrrole nitrogens is 1. The Morgan fingerprint density at radius 1 is 1.00 bits per heavy atom. The van der Waals surface area contributed by atoms with Crippen LogP contribution in [0.3, 0.4) is 0 Å². The van der Waals surface area contributed by atoms with Crippen molar-refractivity contribution in [3.8, 4) is 28.8 Å². The van der Waals surface area contributed by atoms with E-state index in [2.05, 4.69) is 16.4 Å². The van der Waals surface area contributed by atoms with E-state index < -0.39 is 0 Å². The van der Waals surface area contributed by atoms with E-state index in [1.54, 1.807) is 4.90 Å². The first-order valence-electron chi connectivity index (χ1n) is 12.7. The molecule has 3 aromatic carbocycles. The molecule has 1 atom stereocenters. The average Bonchev–Trinajstić information content (AvgIpc) is 2.97. The third-order valence-electron chi connectivity index (χ3n) is 6.72. The van der Waals surface area contributed by atoms with E-state index in [9.17, 15) is 14.9 Å². The van der Waals surface area contributed by atoms with E-state index >= 15 is 0 Å². The number of aromatic nitrogens is 1. The molecule has 1 aliphatic rings. The van der Waals surface area contributed by atoms with E-state index in [0.29, 0.717) is 36.6 Å². The van der Waals surface area contributed by atoms with Gasteiger partial charge in [-0.15, -0.1) is 0 Å². The number of nitriles is 1. The molecule has 1 saturated heterocycles. The van der Waals surface area contributed by atoms with Crippen molar-refractivity contribution < 1.29 is 9.53 Å². The number of amides is 2. The standard InChI is InChI=1S/C31H28N4O3/c32-19-27-29(36)18-28(24-10-7-17-35(21-24)31(37)33-20-22-8-3-1-4-9-22)34-30(27)23-13-15-26(16-14-23)38-25-11-5-2-6-12-25/h1-6,8-9,11-16,18,24H,7,10,17,20-21H2,(H,33,37)(H,34,36). The molecule has 5 rings (SSSR count). The smallest absolute Gasteiger partial charge is 0.317 e. The molecule has 1 aliphatic heterocycles. The molecule has 2 N–H and O–H groups in total. The van der Waals surface area contributed by atoms with Gasteiger partial charge in [-0.2, -0.15) is 5.26 Å². The number of piperidine rings is 1. The van der Waals surface area contributed by atoms with Crippen molar-refractivity contribution in [1.29, 1.82) is 5.26 Å². The number of aromatic amines is 1. The maximum absolute atomic E-state index is 12.9. The van der Waals surface area contributed by atoms with Crippen LogP contribution in [0.5, 0.6) is 11.5 Å². The van der Waals surface area contributed by atoms with Crippen LogP contribution < -0.4 is 15.5 Å². The minimum Gasteiger partial charge on any atom is -0.457 e. The van der Waals surface area contributed by atoms with Crippen LogP contribution in [0.2, 0.25) is 0 Å². The Morgan fingerprint density at radius 2 is 1.68 bits per heavy atom. The summed E-state index contributed by atoms with van der Waals surface area (Å²) in [5, 5.41) is 12.7. The first kappa shape index (κ1) is 24.8. The van der Waals surface area contributed by atoms with Crippen molar-refractivity contribution in [3.05, 3.63) is 118 Å². The van der Waals surface area contributed by atoms with E-state index in [1.807, 2.05) is 84.9 Å². The highest BCUT2D eigenvalue weighted by Gasteiger charge is 2.26. The van der Waals surface area contributed by atoms with Gasteiger partial charge in [-0.05, 0) is 60.4 Å². The SMILES string of the molecule is N#Cc1c(-c2ccc(Oc3ccccc3)cc2)[nH]c(C2CCCN(C(=O)NCc3ccccc3)C2)cc1=O. The third-order valence-corrected chi connectivity index (χ3v) is 6.72. The minimum absolute atomic E-state index is 0.0360. The first-order valence-corrected chi connectivity index (χ1v) is 12.7. The zero-order valence-corrected chi connectivity index (χ0v) is 20.9. The normalized spacial score (nSPS) is 14.9. The second-order valence-electron chi connectivity index (χ2n) is 9.32. The van der Waals surface area contributed by atoms with Gasteiger partial charge in [-0.25, -0.2) is 4.79 Å². The fourth-order valence-electron chi connectivity index (χ4n) is 4.74. The first-order chi connectivity index (χ1) is 18.6. The van der Waals surface area contributed by atoms with Crippen LogP contribution in [0.1, 0.15) is 35.6 Å². The van der Waals surface area contributed by atoms with Gasteiger partial charge in [0.05, 0.1) is 5.69 Å². The van der Waals surface area contributed by atoms with Gasteiger partial charge in [-0.3, -0.25) is 4.79 Å². The van der Waals surface area contributed by atoms with Crippen molar-refractivity contribution in [1.82, 2.24) is 15.2 Å². The number of urea groups is 1. The number of hydrogen-bond acceptors (Lipinski definition) is 4. The molecule has 0 bridgehead atoms. The van der Waals surface area contributed by atoms with E-state index in [1.165, 1.54) is 6.07 Å². The molecule has 0 radical (unpaired) electrons. The van der Waals surface area contributed by atoms with Crippen molar-refractivity contribution in [2.45, 2.75) is 25.3 Å². The van der Waals surface area contributed by atoms with Crippen LogP contribution in [0.15, 0.2) is 95.8 Å². The van der Waals surface area contributed by atoms with E-state index in [0.717, 1.165) is 29.8 Å². The number of para-hydroxylation sites is 1. The summed E-state index contributed by atoms with van der Waals surface area (Å²) in [6.07, 6.45) is 1.67. The summed E-state index contributed by atoms with van der Waals surface area (Å²) >= 11 is 0. The van der Waals surface area contributed by atoms with Crippen LogP contribution in [0.25, 0.3) is 11.3 Å². The topological polar surface area (TPSA) is 98.2 Å². The van der Waals surface area contributed by atoms with E-state index in [-0.39, 0.29) is 22.9 Å². The lowest BCUT2D eigenvalue weighted by Gasteiger charge is -2.33. The lowest BCUT2D eigenvalue weighted by molar-refractivity contribution is 0.178. The lowest BCUT2D eigenvalue weighted by Crippen LogP contribution is -2.45. The van der Waals surface area contributed by atoms with Crippen molar-refractivity contribution in [2.75, 3.05) is 13.1 Å². The summed E-state index contributed by atoms with van der Waals surface area (Å²) in [5.74, 6) is 1.34. The Hall–Kier alpha value is -4.83. The fraction of sp³-hybridized carbons (Fsp3) is 0.194. The highest BCUT2D eigenvalue weighted by molar-refractivity contribution is 5.74. The summed E-state index contributed by atoms with van der Waals surface area (Å²) in [7, 11) is 0. The highest BCUT2D eigenvalue weighted by atomic mass is 16.5. The molecule has 2 amide bonds. The lowest BCUT2D eigenvalue weighted by atomic mass is 9.93. The summed E-state index contributed by atoms with van der Waals surface area (Å²) in [4.78, 5) is 30.9. The van der Waals surface area contributed by atoms with Gasteiger partial charge in [0, 0.05) is 37.3 Å². The largest absolute Gasteiger partial charge is 0.457 e. The second-order valence-corrected chi connectivity index (χ2v) is 9.32. The number of carbonyl (C=O) groups excluding carboxylic acids is 1. The minimum atomic E-state index is -0.327. The van der Waals surface area contributed by atoms with Crippen LogP contribution in [-0.4, -0.2) is 29.0 Å². The molecule has 4 aromatic rings. The Morgan fingerprint density at radius 3 is 2.39 bits per heavy atom. The van der Waals surface area contributed by atoms with Crippen LogP contribution >= 0.6 is 0 Å². The molecule has 7 heteroatoms. The highest BCUT2D eigenvalue weighted by Crippen LogP contribution is 2.30. The molecule has 190 valence electrons. The quantitative estimate of drug-likeness (QED) is 0.347. The van der Waals surface area contributed by atoms with Crippen molar-refractivity contribution >= 4 is 6.03 Å². The van der Waals surface area contributed by atoms with Gasteiger partial charge in [-0.1, -0.05) is 48.5 Å². The number of ether oxygens (including phenoxy) is 1. The van der Waals surface area contributed by atoms with Gasteiger partial charge in [0.1, 0.15) is 23.1 Å². The predicted molar refractivity (Wildman–Crippen MR) is 146 cm³/mol. The van der Waals surface area contributed by atoms with Gasteiger partial charge in [0.15, 0.2) is 5.43 Å². The van der Waals surface area contributed by atoms with Gasteiger partial charge < -0.3 is 19.9 Å². The maximum atomic E-state index is 12.9. The molecule has 0 spiro atoms. The molecular formula is C31H28N4O3. The third kappa shape index (κ3) is 5.76. The van der Waals surface area contributed by atoms with E-state index in [4.69, 9.17) is 4.74 Å². The number of likely N-dealkylation sites (tertiary alicyclic amines) is 1. The Bertz CT molecular complexity index is 1490. The molecule has 2 heterocycles. The zero-order valence-electron chi connectivity index (χ0n) is 20.9. The molecule has 1 aromatic heterocycles. The molecule has 0 aliphatic carbocycles. The van der Waals surface area contributed by atoms with Crippen LogP contribution in [0.4, 0.5) is 4.79 Å². The van der Waals surface area contributed by atoms with Crippen LogP contribution in [-0.2, 0) is 6.54 Å². The number of pyridine rings is 1. The monoisotopic (exact) mass is 504 g/mol. The molecule has 7 nitrogen and oxygen atoms in total. The van der Waals surface area contributed by atoms with Crippen LogP contribution in [0, 0.1) is 11.3 Å². The number of nitrogens with one attached hydrogen (secondary N) is 2. The summed E-state index contributed by atoms with van der Waals surface area (Å²) in [5.41, 5.74) is 2.70. The summed E-state index contributed by atoms with van der Waals surface area (Å²) in [6, 6.07) is 30.0. The van der Waals surface area contributed by atoms with Crippen molar-refractivity contribution in [2.24, 2.45) is 0 Å². The Balaban J connectivity index is 1.33. The Labute approximate surface area is 221 Å². The van der Waals surface area contributed by atoms with Gasteiger partial charge in [0.25, 0.3) is 0 Å². The Kier molecular flexibility index (Phi) is 7.51. The zero-order chi connectivity index (χ0) is 26.3. The predicted octanol–water partition coefficient (Wildman–Crippen LogP) is 5.80. The molecular weight excluding hydrogens is 476 g/mol. The fourth-order valence-corrected chi connectivity index (χ4v) is 4.74. The average molecular weight is 505 g/mol. The second kappa shape index (κ2) is 11.5. The van der Waals surface area contributed by atoms with Gasteiger partial charge >= 0.3 is 6.03 Å². The molecule has 0 saturated carbocycles. The number of nitrogens with zero attached hydrogens (tertiary/aromatic N) is 2. The molecule has 1 unspecified atom stereocenters. The number of carbonyl (C=O) groups is 1. The molecule has 38 heavy (non-hydrogen) atoms. The summed E-state index contributed by atoms with van der Waals surface area (Å²) in [6.45, 7) is 1.61. The van der Waals surface area contributed by atoms with Gasteiger partial charge in [0.2, 0.25) is 0 Å². The number of benzene rings is 3. The van der Waals surface area contributed by atoms with Crippen molar-refractivity contribution in [3.63, 3.8) is 0 Å².